The molecule has 0 radical (unpaired) electrons. The van der Waals surface area contributed by atoms with E-state index in [0.29, 0.717) is 16.5 Å². The number of nitrogens with one attached hydrogen (secondary N) is 1. The monoisotopic (exact) mass is 447 g/mol. The summed E-state index contributed by atoms with van der Waals surface area (Å²) in [5.74, 6) is 0.133. The lowest BCUT2D eigenvalue weighted by Gasteiger charge is -2.58. The van der Waals surface area contributed by atoms with Crippen LogP contribution in [0.2, 0.25) is 5.02 Å². The number of ether oxygens (including phenoxy) is 1. The summed E-state index contributed by atoms with van der Waals surface area (Å²) in [6.45, 7) is 0. The maximum Gasteiger partial charge on any atom is 0.270 e. The number of anilines is 1. The van der Waals surface area contributed by atoms with Gasteiger partial charge in [-0.15, -0.1) is 0 Å². The second-order valence-corrected chi connectivity index (χ2v) is 8.79. The third-order valence-corrected chi connectivity index (χ3v) is 6.97. The fourth-order valence-electron chi connectivity index (χ4n) is 5.11. The first-order valence-electron chi connectivity index (χ1n) is 9.94. The maximum absolute atomic E-state index is 13.8. The normalized spacial score (nSPS) is 27.3. The summed E-state index contributed by atoms with van der Waals surface area (Å²) >= 11 is 11.8. The predicted molar refractivity (Wildman–Crippen MR) is 115 cm³/mol. The van der Waals surface area contributed by atoms with Crippen LogP contribution in [0.1, 0.15) is 43.7 Å². The highest BCUT2D eigenvalue weighted by atomic mass is 35.5. The van der Waals surface area contributed by atoms with Crippen LogP contribution in [-0.4, -0.2) is 15.8 Å². The summed E-state index contributed by atoms with van der Waals surface area (Å²) in [6.07, 6.45) is 4.67. The topological polar surface area (TPSA) is 67.6 Å². The molecule has 1 aliphatic carbocycles. The smallest absolute Gasteiger partial charge is 0.270 e. The van der Waals surface area contributed by atoms with Gasteiger partial charge in [-0.3, -0.25) is 15.0 Å². The van der Waals surface area contributed by atoms with Crippen LogP contribution < -0.4 is 15.0 Å². The van der Waals surface area contributed by atoms with Gasteiger partial charge in [0.1, 0.15) is 11.6 Å². The zero-order chi connectivity index (χ0) is 21.0. The second kappa shape index (κ2) is 7.06. The minimum atomic E-state index is -0.756. The number of nitro groups is 1. The number of halogens is 2. The summed E-state index contributed by atoms with van der Waals surface area (Å²) < 4.78 is 20.5. The number of thiocarbonyl (C=S) groups is 1. The standard InChI is InChI=1S/C21H19ClFN3O3S/c22-16-11-12(5-7-17(16)23)25-20(30)24-19-14-10-13(26(27)28)6-8-18(14)29-21(25)9-3-1-2-4-15(19)21/h5-8,10-11,15,19H,1-4,9H2,(H,24,30). The van der Waals surface area contributed by atoms with Crippen molar-refractivity contribution in [3.8, 4) is 5.75 Å². The molecule has 2 fully saturated rings. The van der Waals surface area contributed by atoms with Gasteiger partial charge in [0.05, 0.1) is 16.0 Å². The van der Waals surface area contributed by atoms with Crippen LogP contribution >= 0.6 is 23.8 Å². The molecule has 5 rings (SSSR count). The number of fused-ring (bicyclic) bond motifs is 2. The molecule has 0 amide bonds. The zero-order valence-corrected chi connectivity index (χ0v) is 17.5. The van der Waals surface area contributed by atoms with E-state index in [0.717, 1.165) is 37.7 Å². The molecule has 3 unspecified atom stereocenters. The fourth-order valence-corrected chi connectivity index (χ4v) is 5.67. The highest BCUT2D eigenvalue weighted by Crippen LogP contribution is 2.54. The Balaban J connectivity index is 1.69. The first-order valence-corrected chi connectivity index (χ1v) is 10.7. The molecule has 9 heteroatoms. The molecule has 2 aromatic carbocycles. The van der Waals surface area contributed by atoms with Crippen molar-refractivity contribution in [1.29, 1.82) is 0 Å². The first-order chi connectivity index (χ1) is 14.4. The van der Waals surface area contributed by atoms with Crippen LogP contribution in [0.15, 0.2) is 36.4 Å². The fraction of sp³-hybridized carbons (Fsp3) is 0.381. The Morgan fingerprint density at radius 1 is 1.27 bits per heavy atom. The molecular formula is C21H19ClFN3O3S. The molecule has 2 aliphatic heterocycles. The third-order valence-electron chi connectivity index (χ3n) is 6.38. The Kier molecular flexibility index (Phi) is 4.59. The van der Waals surface area contributed by atoms with Crippen LogP contribution in [0.25, 0.3) is 0 Å². The summed E-state index contributed by atoms with van der Waals surface area (Å²) in [6, 6.07) is 9.06. The number of nitro benzene ring substituents is 1. The van der Waals surface area contributed by atoms with Crippen molar-refractivity contribution in [2.24, 2.45) is 5.92 Å². The first kappa shape index (κ1) is 19.5. The van der Waals surface area contributed by atoms with Crippen LogP contribution in [0.3, 0.4) is 0 Å². The largest absolute Gasteiger partial charge is 0.467 e. The molecule has 1 saturated heterocycles. The minimum Gasteiger partial charge on any atom is -0.467 e. The molecule has 1 saturated carbocycles. The molecule has 3 aliphatic rings. The maximum atomic E-state index is 13.8. The number of nitrogens with zero attached hydrogens (tertiary/aromatic N) is 2. The van der Waals surface area contributed by atoms with Crippen molar-refractivity contribution in [3.63, 3.8) is 0 Å². The Labute approximate surface area is 183 Å². The lowest BCUT2D eigenvalue weighted by atomic mass is 9.75. The molecule has 30 heavy (non-hydrogen) atoms. The van der Waals surface area contributed by atoms with Crippen molar-refractivity contribution in [3.05, 3.63) is 62.9 Å². The summed E-state index contributed by atoms with van der Waals surface area (Å²) in [5, 5.41) is 15.2. The molecular weight excluding hydrogens is 429 g/mol. The molecule has 1 N–H and O–H groups in total. The third kappa shape index (κ3) is 2.85. The van der Waals surface area contributed by atoms with E-state index >= 15 is 0 Å². The summed E-state index contributed by atoms with van der Waals surface area (Å²) in [7, 11) is 0. The predicted octanol–water partition coefficient (Wildman–Crippen LogP) is 5.49. The van der Waals surface area contributed by atoms with E-state index in [9.17, 15) is 14.5 Å². The molecule has 6 nitrogen and oxygen atoms in total. The van der Waals surface area contributed by atoms with Crippen molar-refractivity contribution >= 4 is 40.3 Å². The van der Waals surface area contributed by atoms with Crippen molar-refractivity contribution in [2.45, 2.75) is 43.9 Å². The number of hydrogen-bond donors (Lipinski definition) is 1. The van der Waals surface area contributed by atoms with E-state index in [1.807, 2.05) is 4.90 Å². The van der Waals surface area contributed by atoms with Gasteiger partial charge in [-0.1, -0.05) is 24.4 Å². The number of benzene rings is 2. The van der Waals surface area contributed by atoms with Gasteiger partial charge >= 0.3 is 0 Å². The highest BCUT2D eigenvalue weighted by molar-refractivity contribution is 7.80. The van der Waals surface area contributed by atoms with Gasteiger partial charge in [0.15, 0.2) is 10.8 Å². The summed E-state index contributed by atoms with van der Waals surface area (Å²) in [5.41, 5.74) is 0.688. The van der Waals surface area contributed by atoms with E-state index in [1.165, 1.54) is 12.1 Å². The molecule has 2 bridgehead atoms. The van der Waals surface area contributed by atoms with Crippen LogP contribution in [0, 0.1) is 21.8 Å². The van der Waals surface area contributed by atoms with Crippen LogP contribution in [0.5, 0.6) is 5.75 Å². The van der Waals surface area contributed by atoms with Crippen molar-refractivity contribution in [2.75, 3.05) is 4.90 Å². The van der Waals surface area contributed by atoms with E-state index in [4.69, 9.17) is 28.6 Å². The Morgan fingerprint density at radius 2 is 2.10 bits per heavy atom. The second-order valence-electron chi connectivity index (χ2n) is 7.99. The van der Waals surface area contributed by atoms with Crippen LogP contribution in [0.4, 0.5) is 15.8 Å². The number of non-ortho nitro benzene ring substituents is 1. The van der Waals surface area contributed by atoms with E-state index in [2.05, 4.69) is 5.32 Å². The van der Waals surface area contributed by atoms with Gasteiger partial charge < -0.3 is 10.1 Å². The van der Waals surface area contributed by atoms with Gasteiger partial charge in [0, 0.05) is 35.7 Å². The Hall–Kier alpha value is -2.45. The Bertz CT molecular complexity index is 1070. The number of rotatable bonds is 2. The summed E-state index contributed by atoms with van der Waals surface area (Å²) in [4.78, 5) is 12.8. The lowest BCUT2D eigenvalue weighted by Crippen LogP contribution is -2.71. The lowest BCUT2D eigenvalue weighted by molar-refractivity contribution is -0.385. The van der Waals surface area contributed by atoms with Gasteiger partial charge in [0.2, 0.25) is 0 Å². The Morgan fingerprint density at radius 3 is 2.87 bits per heavy atom. The molecule has 0 aromatic heterocycles. The van der Waals surface area contributed by atoms with Crippen molar-refractivity contribution in [1.82, 2.24) is 5.32 Å². The molecule has 2 aromatic rings. The van der Waals surface area contributed by atoms with E-state index < -0.39 is 16.5 Å². The van der Waals surface area contributed by atoms with Gasteiger partial charge in [-0.25, -0.2) is 4.39 Å². The van der Waals surface area contributed by atoms with Gasteiger partial charge in [-0.2, -0.15) is 0 Å². The molecule has 3 atom stereocenters. The van der Waals surface area contributed by atoms with Crippen LogP contribution in [-0.2, 0) is 0 Å². The minimum absolute atomic E-state index is 0.0185. The van der Waals surface area contributed by atoms with E-state index in [1.54, 1.807) is 24.3 Å². The number of hydrogen-bond acceptors (Lipinski definition) is 4. The van der Waals surface area contributed by atoms with Gasteiger partial charge in [-0.05, 0) is 49.3 Å². The molecule has 0 spiro atoms. The average molecular weight is 448 g/mol. The molecule has 156 valence electrons. The van der Waals surface area contributed by atoms with Crippen molar-refractivity contribution < 1.29 is 14.1 Å². The van der Waals surface area contributed by atoms with Gasteiger partial charge in [0.25, 0.3) is 5.69 Å². The quantitative estimate of drug-likeness (QED) is 0.373. The molecule has 2 heterocycles. The zero-order valence-electron chi connectivity index (χ0n) is 15.9. The average Bonchev–Trinajstić information content (AvgIpc) is 2.93. The highest BCUT2D eigenvalue weighted by Gasteiger charge is 2.58. The SMILES string of the molecule is O=[N+]([O-])c1ccc2c(c1)C1NC(=S)N(c3ccc(F)c(Cl)c3)C3(CCCCCC13)O2. The van der Waals surface area contributed by atoms with E-state index in [-0.39, 0.29) is 22.7 Å².